The van der Waals surface area contributed by atoms with Gasteiger partial charge in [0.15, 0.2) is 0 Å². The molecular formula is C20H30N2O8P2. The normalized spacial score (nSPS) is 17.2. The number of nitrogens with one attached hydrogen (secondary N) is 2. The number of aromatic hydroxyl groups is 2. The quantitative estimate of drug-likeness (QED) is 0.182. The summed E-state index contributed by atoms with van der Waals surface area (Å²) in [7, 11) is -8.38. The first-order valence-electron chi connectivity index (χ1n) is 10.1. The maximum atomic E-state index is 12.7. The predicted octanol–water partition coefficient (Wildman–Crippen LogP) is 3.42. The molecule has 0 saturated carbocycles. The Bertz CT molecular complexity index is 897. The summed E-state index contributed by atoms with van der Waals surface area (Å²) in [6.45, 7) is 3.27. The van der Waals surface area contributed by atoms with Crippen molar-refractivity contribution in [3.8, 4) is 11.5 Å². The summed E-state index contributed by atoms with van der Waals surface area (Å²) >= 11 is 0. The summed E-state index contributed by atoms with van der Waals surface area (Å²) in [6.07, 6.45) is 0. The minimum atomic E-state index is -4.19. The molecule has 6 N–H and O–H groups in total. The van der Waals surface area contributed by atoms with E-state index in [1.54, 1.807) is 38.1 Å². The predicted molar refractivity (Wildman–Crippen MR) is 121 cm³/mol. The van der Waals surface area contributed by atoms with Crippen LogP contribution in [0, 0.1) is 0 Å². The van der Waals surface area contributed by atoms with Crippen LogP contribution in [0.25, 0.3) is 0 Å². The van der Waals surface area contributed by atoms with Crippen LogP contribution < -0.4 is 10.6 Å². The lowest BCUT2D eigenvalue weighted by Crippen LogP contribution is -2.33. The van der Waals surface area contributed by atoms with Crippen LogP contribution in [-0.2, 0) is 18.2 Å². The van der Waals surface area contributed by atoms with E-state index in [2.05, 4.69) is 10.6 Å². The van der Waals surface area contributed by atoms with Crippen molar-refractivity contribution in [1.82, 2.24) is 10.6 Å². The van der Waals surface area contributed by atoms with E-state index in [4.69, 9.17) is 9.05 Å². The van der Waals surface area contributed by atoms with E-state index in [0.717, 1.165) is 0 Å². The summed E-state index contributed by atoms with van der Waals surface area (Å²) in [5.74, 6) is -2.78. The molecule has 2 rings (SSSR count). The highest BCUT2D eigenvalue weighted by Crippen LogP contribution is 2.57. The molecule has 0 aliphatic carbocycles. The molecule has 10 nitrogen and oxygen atoms in total. The lowest BCUT2D eigenvalue weighted by atomic mass is 10.2. The molecule has 0 radical (unpaired) electrons. The van der Waals surface area contributed by atoms with Gasteiger partial charge in [0.1, 0.15) is 23.1 Å². The molecular weight excluding hydrogens is 458 g/mol. The van der Waals surface area contributed by atoms with Crippen LogP contribution in [0.15, 0.2) is 48.5 Å². The fraction of sp³-hybridized carbons (Fsp3) is 0.400. The molecule has 0 heterocycles. The number of phenolic OH excluding ortho intramolecular Hbond substituents is 2. The molecule has 0 aromatic heterocycles. The molecule has 4 atom stereocenters. The maximum absolute atomic E-state index is 12.7. The summed E-state index contributed by atoms with van der Waals surface area (Å²) < 4.78 is 35.5. The molecule has 0 amide bonds. The van der Waals surface area contributed by atoms with Gasteiger partial charge in [0.25, 0.3) is 0 Å². The average Bonchev–Trinajstić information content (AvgIpc) is 2.72. The zero-order valence-corrected chi connectivity index (χ0v) is 19.7. The second-order valence-corrected chi connectivity index (χ2v) is 10.6. The molecule has 2 aromatic carbocycles. The van der Waals surface area contributed by atoms with E-state index in [9.17, 15) is 29.1 Å². The average molecular weight is 488 g/mol. The number of benzene rings is 2. The molecule has 0 aliphatic heterocycles. The molecule has 32 heavy (non-hydrogen) atoms. The van der Waals surface area contributed by atoms with Gasteiger partial charge in [-0.2, -0.15) is 0 Å². The monoisotopic (exact) mass is 488 g/mol. The van der Waals surface area contributed by atoms with Crippen molar-refractivity contribution < 1.29 is 38.2 Å². The van der Waals surface area contributed by atoms with Crippen molar-refractivity contribution in [3.63, 3.8) is 0 Å². The summed E-state index contributed by atoms with van der Waals surface area (Å²) in [6, 6.07) is 12.2. The van der Waals surface area contributed by atoms with Crippen molar-refractivity contribution >= 4 is 15.2 Å². The number of hydrogen-bond donors (Lipinski definition) is 6. The zero-order valence-electron chi connectivity index (χ0n) is 17.9. The molecule has 0 fully saturated rings. The van der Waals surface area contributed by atoms with Crippen molar-refractivity contribution in [2.45, 2.75) is 25.4 Å². The smallest absolute Gasteiger partial charge is 0.349 e. The molecule has 178 valence electrons. The first kappa shape index (κ1) is 26.5. The molecule has 2 aromatic rings. The van der Waals surface area contributed by atoms with Crippen molar-refractivity contribution in [2.75, 3.05) is 26.3 Å². The minimum Gasteiger partial charge on any atom is -0.508 e. The Balaban J connectivity index is 2.18. The van der Waals surface area contributed by atoms with Crippen LogP contribution in [-0.4, -0.2) is 46.3 Å². The van der Waals surface area contributed by atoms with Gasteiger partial charge in [-0.1, -0.05) is 36.4 Å². The van der Waals surface area contributed by atoms with Crippen LogP contribution >= 0.6 is 15.2 Å². The van der Waals surface area contributed by atoms with Crippen LogP contribution in [0.4, 0.5) is 0 Å². The number of phenols is 2. The van der Waals surface area contributed by atoms with E-state index >= 15 is 0 Å². The summed E-state index contributed by atoms with van der Waals surface area (Å²) in [5, 5.41) is 26.0. The molecule has 0 spiro atoms. The Morgan fingerprint density at radius 3 is 1.41 bits per heavy atom. The molecule has 0 saturated heterocycles. The summed E-state index contributed by atoms with van der Waals surface area (Å²) in [4.78, 5) is 20.8. The SMILES string of the molecule is CCOP(=O)(O)[C@H](NCCN[C@H](c1ccccc1O)P(=O)(O)OCC)c1ccccc1O. The lowest BCUT2D eigenvalue weighted by Gasteiger charge is -2.27. The molecule has 0 aliphatic rings. The van der Waals surface area contributed by atoms with Crippen LogP contribution in [0.2, 0.25) is 0 Å². The fourth-order valence-electron chi connectivity index (χ4n) is 3.18. The third-order valence-electron chi connectivity index (χ3n) is 4.54. The third-order valence-corrected chi connectivity index (χ3v) is 8.03. The Morgan fingerprint density at radius 2 is 1.09 bits per heavy atom. The van der Waals surface area contributed by atoms with Crippen LogP contribution in [0.1, 0.15) is 36.5 Å². The van der Waals surface area contributed by atoms with Gasteiger partial charge in [-0.15, -0.1) is 0 Å². The van der Waals surface area contributed by atoms with E-state index in [0.29, 0.717) is 0 Å². The third kappa shape index (κ3) is 6.88. The van der Waals surface area contributed by atoms with Gasteiger partial charge in [-0.25, -0.2) is 0 Å². The Morgan fingerprint density at radius 1 is 0.750 bits per heavy atom. The summed E-state index contributed by atoms with van der Waals surface area (Å²) in [5.41, 5.74) is 0.373. The maximum Gasteiger partial charge on any atom is 0.349 e. The molecule has 12 heteroatoms. The lowest BCUT2D eigenvalue weighted by molar-refractivity contribution is 0.253. The van der Waals surface area contributed by atoms with E-state index in [1.165, 1.54) is 24.3 Å². The van der Waals surface area contributed by atoms with Gasteiger partial charge in [-0.05, 0) is 26.0 Å². The second kappa shape index (κ2) is 11.9. The molecule has 0 bridgehead atoms. The van der Waals surface area contributed by atoms with Crippen molar-refractivity contribution in [2.24, 2.45) is 0 Å². The first-order chi connectivity index (χ1) is 15.1. The van der Waals surface area contributed by atoms with Gasteiger partial charge >= 0.3 is 15.2 Å². The van der Waals surface area contributed by atoms with Gasteiger partial charge in [0, 0.05) is 24.2 Å². The van der Waals surface area contributed by atoms with Crippen molar-refractivity contribution in [3.05, 3.63) is 59.7 Å². The first-order valence-corrected chi connectivity index (χ1v) is 13.4. The van der Waals surface area contributed by atoms with Crippen molar-refractivity contribution in [1.29, 1.82) is 0 Å². The minimum absolute atomic E-state index is 0.00475. The van der Waals surface area contributed by atoms with Gasteiger partial charge in [0.2, 0.25) is 0 Å². The zero-order chi connectivity index (χ0) is 23.8. The van der Waals surface area contributed by atoms with Crippen LogP contribution in [0.3, 0.4) is 0 Å². The largest absolute Gasteiger partial charge is 0.508 e. The van der Waals surface area contributed by atoms with E-state index in [1.807, 2.05) is 0 Å². The standard InChI is InChI=1S/C20H30N2O8P2/c1-3-29-31(25,26)19(15-9-5-7-11-17(15)23)21-13-14-22-20(32(27,28)30-4-2)16-10-6-8-12-18(16)24/h5-12,19-24H,3-4,13-14H2,1-2H3,(H,25,26)(H,27,28)/t19-,20-/m0/s1. The number of hydrogen-bond acceptors (Lipinski definition) is 8. The van der Waals surface area contributed by atoms with E-state index < -0.39 is 26.8 Å². The number of para-hydroxylation sites is 2. The van der Waals surface area contributed by atoms with Gasteiger partial charge < -0.3 is 29.0 Å². The molecule has 2 unspecified atom stereocenters. The highest BCUT2D eigenvalue weighted by Gasteiger charge is 2.37. The second-order valence-electron chi connectivity index (χ2n) is 6.79. The fourth-order valence-corrected chi connectivity index (χ4v) is 6.07. The highest BCUT2D eigenvalue weighted by molar-refractivity contribution is 7.53. The van der Waals surface area contributed by atoms with Gasteiger partial charge in [-0.3, -0.25) is 19.8 Å². The topological polar surface area (TPSA) is 158 Å². The Labute approximate surface area is 187 Å². The van der Waals surface area contributed by atoms with Gasteiger partial charge in [0.05, 0.1) is 13.2 Å². The number of rotatable bonds is 13. The Hall–Kier alpha value is -1.74. The Kier molecular flexibility index (Phi) is 9.88. The van der Waals surface area contributed by atoms with E-state index in [-0.39, 0.29) is 48.9 Å². The van der Waals surface area contributed by atoms with Crippen LogP contribution in [0.5, 0.6) is 11.5 Å². The highest BCUT2D eigenvalue weighted by atomic mass is 31.2.